The van der Waals surface area contributed by atoms with Crippen LogP contribution in [0.2, 0.25) is 0 Å². The largest absolute Gasteiger partial charge is 0.493 e. The Morgan fingerprint density at radius 1 is 1.19 bits per heavy atom. The second-order valence-corrected chi connectivity index (χ2v) is 7.64. The molecular weight excluding hydrogens is 425 g/mol. The smallest absolute Gasteiger partial charge is 0.416 e. The monoisotopic (exact) mass is 446 g/mol. The average Bonchev–Trinajstić information content (AvgIpc) is 2.92. The number of alkyl halides is 3. The summed E-state index contributed by atoms with van der Waals surface area (Å²) in [5, 5.41) is 11.8. The minimum Gasteiger partial charge on any atom is -0.493 e. The van der Waals surface area contributed by atoms with E-state index in [1.807, 2.05) is 0 Å². The molecule has 2 aromatic rings. The summed E-state index contributed by atoms with van der Waals surface area (Å²) in [6.07, 6.45) is -2.09. The summed E-state index contributed by atoms with van der Waals surface area (Å²) in [5.41, 5.74) is 1.94. The van der Waals surface area contributed by atoms with Gasteiger partial charge in [-0.1, -0.05) is 12.1 Å². The van der Waals surface area contributed by atoms with Crippen LogP contribution in [0.1, 0.15) is 39.9 Å². The summed E-state index contributed by atoms with van der Waals surface area (Å²) in [6.45, 7) is 0.764. The number of aliphatic hydroxyl groups is 1. The molecule has 6 nitrogen and oxygen atoms in total. The van der Waals surface area contributed by atoms with Crippen LogP contribution in [0.3, 0.4) is 0 Å². The standard InChI is InChI=1S/C23H21F3N2O4/c24-23(25,26)16-4-6-18-14(2-1-9-32-20(18)11-16)10-21(30)27-17-5-3-15-13-28(7-8-29)22(31)19(15)12-17/h3-6,10-12,29H,1-2,7-9,13H2,(H,27,30). The highest BCUT2D eigenvalue weighted by Crippen LogP contribution is 2.38. The van der Waals surface area contributed by atoms with E-state index in [1.165, 1.54) is 17.0 Å². The zero-order valence-corrected chi connectivity index (χ0v) is 17.0. The first-order valence-corrected chi connectivity index (χ1v) is 10.2. The van der Waals surface area contributed by atoms with Gasteiger partial charge in [0, 0.05) is 36.0 Å². The summed E-state index contributed by atoms with van der Waals surface area (Å²) >= 11 is 0. The van der Waals surface area contributed by atoms with E-state index in [0.717, 1.165) is 17.7 Å². The molecule has 2 N–H and O–H groups in total. The highest BCUT2D eigenvalue weighted by Gasteiger charge is 2.32. The minimum atomic E-state index is -4.48. The first-order chi connectivity index (χ1) is 15.3. The highest BCUT2D eigenvalue weighted by atomic mass is 19.4. The number of fused-ring (bicyclic) bond motifs is 2. The Bertz CT molecular complexity index is 1100. The Morgan fingerprint density at radius 2 is 2.00 bits per heavy atom. The van der Waals surface area contributed by atoms with Crippen molar-refractivity contribution in [2.24, 2.45) is 0 Å². The SMILES string of the molecule is O=C(C=C1CCCOc2cc(C(F)(F)F)ccc21)Nc1ccc2c(c1)C(=O)N(CCO)C2. The molecule has 2 aromatic carbocycles. The molecule has 2 heterocycles. The minimum absolute atomic E-state index is 0.100. The molecule has 0 radical (unpaired) electrons. The number of hydrogen-bond donors (Lipinski definition) is 2. The van der Waals surface area contributed by atoms with Crippen LogP contribution in [0.25, 0.3) is 5.57 Å². The van der Waals surface area contributed by atoms with Crippen LogP contribution in [0.15, 0.2) is 42.5 Å². The van der Waals surface area contributed by atoms with E-state index in [2.05, 4.69) is 5.32 Å². The first kappa shape index (κ1) is 21.9. The van der Waals surface area contributed by atoms with Gasteiger partial charge in [0.2, 0.25) is 5.91 Å². The Morgan fingerprint density at radius 3 is 2.75 bits per heavy atom. The summed E-state index contributed by atoms with van der Waals surface area (Å²) < 4.78 is 44.5. The number of halogens is 3. The molecule has 0 aromatic heterocycles. The fraction of sp³-hybridized carbons (Fsp3) is 0.304. The topological polar surface area (TPSA) is 78.9 Å². The van der Waals surface area contributed by atoms with Gasteiger partial charge in [-0.3, -0.25) is 9.59 Å². The number of ether oxygens (including phenoxy) is 1. The molecule has 4 rings (SSSR count). The van der Waals surface area contributed by atoms with Crippen molar-refractivity contribution in [1.29, 1.82) is 0 Å². The third-order valence-electron chi connectivity index (χ3n) is 5.43. The number of carbonyl (C=O) groups is 2. The average molecular weight is 446 g/mol. The van der Waals surface area contributed by atoms with E-state index in [0.29, 0.717) is 41.8 Å². The lowest BCUT2D eigenvalue weighted by Crippen LogP contribution is -2.26. The molecule has 0 saturated carbocycles. The van der Waals surface area contributed by atoms with Crippen LogP contribution in [0, 0.1) is 0 Å². The summed E-state index contributed by atoms with van der Waals surface area (Å²) in [4.78, 5) is 26.6. The molecule has 0 saturated heterocycles. The lowest BCUT2D eigenvalue weighted by atomic mass is 9.99. The van der Waals surface area contributed by atoms with E-state index in [9.17, 15) is 22.8 Å². The molecule has 0 bridgehead atoms. The number of allylic oxidation sites excluding steroid dienone is 1. The maximum Gasteiger partial charge on any atom is 0.416 e. The lowest BCUT2D eigenvalue weighted by Gasteiger charge is -2.13. The summed E-state index contributed by atoms with van der Waals surface area (Å²) in [7, 11) is 0. The van der Waals surface area contributed by atoms with Crippen LogP contribution in [-0.2, 0) is 17.5 Å². The van der Waals surface area contributed by atoms with Crippen molar-refractivity contribution >= 4 is 23.1 Å². The van der Waals surface area contributed by atoms with Gasteiger partial charge in [-0.2, -0.15) is 13.2 Å². The number of nitrogens with zero attached hydrogens (tertiary/aromatic N) is 1. The van der Waals surface area contributed by atoms with Crippen molar-refractivity contribution in [3.05, 3.63) is 64.7 Å². The number of benzene rings is 2. The number of carbonyl (C=O) groups excluding carboxylic acids is 2. The second-order valence-electron chi connectivity index (χ2n) is 7.64. The molecule has 2 amide bonds. The number of β-amino-alcohol motifs (C(OH)–C–C–N with tert-alkyl or cyclic N) is 1. The predicted octanol–water partition coefficient (Wildman–Crippen LogP) is 3.85. The van der Waals surface area contributed by atoms with Gasteiger partial charge in [0.25, 0.3) is 5.91 Å². The molecule has 2 aliphatic rings. The van der Waals surface area contributed by atoms with Gasteiger partial charge in [-0.25, -0.2) is 0 Å². The van der Waals surface area contributed by atoms with Crippen molar-refractivity contribution in [3.8, 4) is 5.75 Å². The maximum absolute atomic E-state index is 13.0. The van der Waals surface area contributed by atoms with Gasteiger partial charge in [0.05, 0.1) is 18.8 Å². The summed E-state index contributed by atoms with van der Waals surface area (Å²) in [5.74, 6) is -0.562. The normalized spacial score (nSPS) is 16.9. The zero-order valence-electron chi connectivity index (χ0n) is 17.0. The van der Waals surface area contributed by atoms with Crippen LogP contribution >= 0.6 is 0 Å². The Balaban J connectivity index is 1.55. The molecule has 0 spiro atoms. The second kappa shape index (κ2) is 8.66. The highest BCUT2D eigenvalue weighted by molar-refractivity contribution is 6.06. The van der Waals surface area contributed by atoms with E-state index in [-0.39, 0.29) is 31.4 Å². The van der Waals surface area contributed by atoms with Gasteiger partial charge in [0.15, 0.2) is 0 Å². The van der Waals surface area contributed by atoms with E-state index >= 15 is 0 Å². The van der Waals surface area contributed by atoms with Crippen LogP contribution in [0.5, 0.6) is 5.75 Å². The molecule has 9 heteroatoms. The Hall–Kier alpha value is -3.33. The number of hydrogen-bond acceptors (Lipinski definition) is 4. The summed E-state index contributed by atoms with van der Waals surface area (Å²) in [6, 6.07) is 8.28. The zero-order chi connectivity index (χ0) is 22.9. The third-order valence-corrected chi connectivity index (χ3v) is 5.43. The van der Waals surface area contributed by atoms with E-state index < -0.39 is 17.6 Å². The van der Waals surface area contributed by atoms with Crippen molar-refractivity contribution in [1.82, 2.24) is 4.90 Å². The van der Waals surface area contributed by atoms with Gasteiger partial charge < -0.3 is 20.1 Å². The Kier molecular flexibility index (Phi) is 5.92. The molecular formula is C23H21F3N2O4. The van der Waals surface area contributed by atoms with Crippen LogP contribution < -0.4 is 10.1 Å². The first-order valence-electron chi connectivity index (χ1n) is 10.2. The van der Waals surface area contributed by atoms with Gasteiger partial charge in [-0.05, 0) is 48.2 Å². The number of aliphatic hydroxyl groups excluding tert-OH is 1. The van der Waals surface area contributed by atoms with Gasteiger partial charge in [-0.15, -0.1) is 0 Å². The maximum atomic E-state index is 13.0. The third kappa shape index (κ3) is 4.47. The molecule has 0 aliphatic carbocycles. The van der Waals surface area contributed by atoms with Crippen LogP contribution in [-0.4, -0.2) is 41.6 Å². The van der Waals surface area contributed by atoms with Gasteiger partial charge >= 0.3 is 6.18 Å². The number of nitrogens with one attached hydrogen (secondary N) is 1. The molecule has 32 heavy (non-hydrogen) atoms. The van der Waals surface area contributed by atoms with Crippen molar-refractivity contribution in [2.75, 3.05) is 25.1 Å². The fourth-order valence-corrected chi connectivity index (χ4v) is 3.89. The van der Waals surface area contributed by atoms with Crippen molar-refractivity contribution in [2.45, 2.75) is 25.6 Å². The quantitative estimate of drug-likeness (QED) is 0.700. The van der Waals surface area contributed by atoms with Gasteiger partial charge in [0.1, 0.15) is 5.75 Å². The number of rotatable bonds is 4. The van der Waals surface area contributed by atoms with Crippen molar-refractivity contribution in [3.63, 3.8) is 0 Å². The Labute approximate surface area is 182 Å². The van der Waals surface area contributed by atoms with Crippen LogP contribution in [0.4, 0.5) is 18.9 Å². The fourth-order valence-electron chi connectivity index (χ4n) is 3.89. The predicted molar refractivity (Wildman–Crippen MR) is 111 cm³/mol. The molecule has 2 aliphatic heterocycles. The van der Waals surface area contributed by atoms with E-state index in [1.54, 1.807) is 18.2 Å². The number of anilines is 1. The lowest BCUT2D eigenvalue weighted by molar-refractivity contribution is -0.137. The van der Waals surface area contributed by atoms with E-state index in [4.69, 9.17) is 9.84 Å². The number of amides is 2. The molecule has 0 atom stereocenters. The molecule has 0 unspecified atom stereocenters. The molecule has 168 valence electrons. The van der Waals surface area contributed by atoms with Crippen molar-refractivity contribution < 1.29 is 32.6 Å². The molecule has 0 fully saturated rings.